The number of carbonyl (C=O) groups excluding carboxylic acids is 2. The molecule has 0 heterocycles. The van der Waals surface area contributed by atoms with Gasteiger partial charge in [0.15, 0.2) is 5.78 Å². The van der Waals surface area contributed by atoms with Gasteiger partial charge in [-0.15, -0.1) is 0 Å². The number of nitrogens with one attached hydrogen (secondary N) is 2. The van der Waals surface area contributed by atoms with Gasteiger partial charge in [-0.1, -0.05) is 15.9 Å². The van der Waals surface area contributed by atoms with E-state index in [0.717, 1.165) is 15.7 Å². The van der Waals surface area contributed by atoms with E-state index in [4.69, 9.17) is 0 Å². The number of halogens is 1. The summed E-state index contributed by atoms with van der Waals surface area (Å²) < 4.78 is 1.01. The van der Waals surface area contributed by atoms with Crippen LogP contribution >= 0.6 is 15.9 Å². The summed E-state index contributed by atoms with van der Waals surface area (Å²) in [5, 5.41) is 5.89. The highest BCUT2D eigenvalue weighted by Gasteiger charge is 2.05. The van der Waals surface area contributed by atoms with Gasteiger partial charge in [0.2, 0.25) is 5.91 Å². The lowest BCUT2D eigenvalue weighted by molar-refractivity contribution is -0.114. The zero-order valence-electron chi connectivity index (χ0n) is 12.4. The average molecular weight is 361 g/mol. The molecule has 1 amide bonds. The monoisotopic (exact) mass is 360 g/mol. The Balaban J connectivity index is 1.91. The lowest BCUT2D eigenvalue weighted by atomic mass is 10.1. The van der Waals surface area contributed by atoms with Gasteiger partial charge >= 0.3 is 0 Å². The van der Waals surface area contributed by atoms with Gasteiger partial charge in [0.05, 0.1) is 6.54 Å². The minimum atomic E-state index is -0.141. The number of Topliss-reactive ketones (excluding diaryl/α,β-unsaturated/α-hetero) is 1. The molecule has 0 bridgehead atoms. The Morgan fingerprint density at radius 1 is 1.09 bits per heavy atom. The molecule has 0 radical (unpaired) electrons. The van der Waals surface area contributed by atoms with Crippen molar-refractivity contribution in [2.24, 2.45) is 0 Å². The van der Waals surface area contributed by atoms with Gasteiger partial charge < -0.3 is 10.6 Å². The summed E-state index contributed by atoms with van der Waals surface area (Å²) in [7, 11) is 0. The molecule has 2 aromatic carbocycles. The number of carbonyl (C=O) groups is 2. The molecule has 0 spiro atoms. The maximum absolute atomic E-state index is 11.9. The maximum Gasteiger partial charge on any atom is 0.243 e. The third-order valence-electron chi connectivity index (χ3n) is 3.20. The molecule has 0 aromatic heterocycles. The van der Waals surface area contributed by atoms with E-state index >= 15 is 0 Å². The minimum absolute atomic E-state index is 0.00487. The fourth-order valence-electron chi connectivity index (χ4n) is 1.99. The largest absolute Gasteiger partial charge is 0.376 e. The van der Waals surface area contributed by atoms with Crippen LogP contribution in [0.3, 0.4) is 0 Å². The molecule has 0 atom stereocenters. The number of rotatable bonds is 5. The molecule has 0 aliphatic heterocycles. The first-order chi connectivity index (χ1) is 10.5. The van der Waals surface area contributed by atoms with Crippen molar-refractivity contribution in [3.63, 3.8) is 0 Å². The second-order valence-corrected chi connectivity index (χ2v) is 5.91. The Labute approximate surface area is 138 Å². The lowest BCUT2D eigenvalue weighted by Gasteiger charge is -2.10. The number of ketones is 1. The summed E-state index contributed by atoms with van der Waals surface area (Å²) in [4.78, 5) is 23.1. The van der Waals surface area contributed by atoms with E-state index in [-0.39, 0.29) is 18.2 Å². The highest BCUT2D eigenvalue weighted by Crippen LogP contribution is 2.19. The molecule has 0 saturated heterocycles. The van der Waals surface area contributed by atoms with Crippen LogP contribution in [-0.4, -0.2) is 18.2 Å². The zero-order chi connectivity index (χ0) is 16.1. The second kappa shape index (κ2) is 7.22. The standard InChI is InChI=1S/C17H17BrN2O2/c1-11-9-14(18)5-8-16(11)19-10-17(22)20-15-6-3-13(4-7-15)12(2)21/h3-9,19H,10H2,1-2H3,(H,20,22). The summed E-state index contributed by atoms with van der Waals surface area (Å²) in [6.07, 6.45) is 0. The van der Waals surface area contributed by atoms with E-state index in [2.05, 4.69) is 26.6 Å². The van der Waals surface area contributed by atoms with Gasteiger partial charge in [0.25, 0.3) is 0 Å². The van der Waals surface area contributed by atoms with E-state index in [1.807, 2.05) is 25.1 Å². The molecule has 22 heavy (non-hydrogen) atoms. The molecule has 0 saturated carbocycles. The molecule has 5 heteroatoms. The first kappa shape index (κ1) is 16.2. The van der Waals surface area contributed by atoms with Crippen LogP contribution in [-0.2, 0) is 4.79 Å². The fraction of sp³-hybridized carbons (Fsp3) is 0.176. The molecule has 0 unspecified atom stereocenters. The quantitative estimate of drug-likeness (QED) is 0.792. The van der Waals surface area contributed by atoms with Crippen LogP contribution in [0.2, 0.25) is 0 Å². The van der Waals surface area contributed by atoms with Crippen LogP contribution in [0.1, 0.15) is 22.8 Å². The van der Waals surface area contributed by atoms with Crippen molar-refractivity contribution in [1.82, 2.24) is 0 Å². The molecule has 2 N–H and O–H groups in total. The SMILES string of the molecule is CC(=O)c1ccc(NC(=O)CNc2ccc(Br)cc2C)cc1. The number of benzene rings is 2. The predicted molar refractivity (Wildman–Crippen MR) is 92.4 cm³/mol. The summed E-state index contributed by atoms with van der Waals surface area (Å²) in [5.41, 5.74) is 3.28. The summed E-state index contributed by atoms with van der Waals surface area (Å²) in [6.45, 7) is 3.67. The van der Waals surface area contributed by atoms with Crippen molar-refractivity contribution in [3.8, 4) is 0 Å². The number of amides is 1. The average Bonchev–Trinajstić information content (AvgIpc) is 2.47. The van der Waals surface area contributed by atoms with E-state index < -0.39 is 0 Å². The Hall–Kier alpha value is -2.14. The number of hydrogen-bond donors (Lipinski definition) is 2. The number of hydrogen-bond acceptors (Lipinski definition) is 3. The number of aryl methyl sites for hydroxylation is 1. The van der Waals surface area contributed by atoms with Crippen molar-refractivity contribution in [2.75, 3.05) is 17.2 Å². The van der Waals surface area contributed by atoms with Crippen molar-refractivity contribution >= 4 is 39.0 Å². The van der Waals surface area contributed by atoms with Gasteiger partial charge in [-0.25, -0.2) is 0 Å². The summed E-state index contributed by atoms with van der Waals surface area (Å²) >= 11 is 3.41. The topological polar surface area (TPSA) is 58.2 Å². The minimum Gasteiger partial charge on any atom is -0.376 e. The molecule has 0 aliphatic rings. The molecular weight excluding hydrogens is 344 g/mol. The number of anilines is 2. The summed E-state index contributed by atoms with van der Waals surface area (Å²) in [5.74, 6) is -0.136. The third-order valence-corrected chi connectivity index (χ3v) is 3.70. The van der Waals surface area contributed by atoms with Crippen molar-refractivity contribution < 1.29 is 9.59 Å². The predicted octanol–water partition coefficient (Wildman–Crippen LogP) is 4.01. The molecule has 2 aromatic rings. The van der Waals surface area contributed by atoms with E-state index in [0.29, 0.717) is 11.3 Å². The van der Waals surface area contributed by atoms with Crippen LogP contribution < -0.4 is 10.6 Å². The van der Waals surface area contributed by atoms with Gasteiger partial charge in [-0.2, -0.15) is 0 Å². The van der Waals surface area contributed by atoms with Gasteiger partial charge in [0, 0.05) is 21.4 Å². The van der Waals surface area contributed by atoms with Gasteiger partial charge in [-0.3, -0.25) is 9.59 Å². The highest BCUT2D eigenvalue weighted by molar-refractivity contribution is 9.10. The molecule has 0 aliphatic carbocycles. The van der Waals surface area contributed by atoms with Gasteiger partial charge in [-0.05, 0) is 61.9 Å². The third kappa shape index (κ3) is 4.43. The normalized spacial score (nSPS) is 10.1. The zero-order valence-corrected chi connectivity index (χ0v) is 14.0. The van der Waals surface area contributed by atoms with Crippen LogP contribution in [0.25, 0.3) is 0 Å². The first-order valence-electron chi connectivity index (χ1n) is 6.86. The van der Waals surface area contributed by atoms with Crippen molar-refractivity contribution in [3.05, 3.63) is 58.1 Å². The van der Waals surface area contributed by atoms with Crippen LogP contribution in [0.5, 0.6) is 0 Å². The molecular formula is C17H17BrN2O2. The van der Waals surface area contributed by atoms with E-state index in [9.17, 15) is 9.59 Å². The first-order valence-corrected chi connectivity index (χ1v) is 7.66. The lowest BCUT2D eigenvalue weighted by Crippen LogP contribution is -2.22. The Morgan fingerprint density at radius 2 is 1.77 bits per heavy atom. The van der Waals surface area contributed by atoms with E-state index in [1.54, 1.807) is 24.3 Å². The molecule has 4 nitrogen and oxygen atoms in total. The van der Waals surface area contributed by atoms with E-state index in [1.165, 1.54) is 6.92 Å². The van der Waals surface area contributed by atoms with Crippen molar-refractivity contribution in [1.29, 1.82) is 0 Å². The Morgan fingerprint density at radius 3 is 2.36 bits per heavy atom. The van der Waals surface area contributed by atoms with Crippen LogP contribution in [0, 0.1) is 6.92 Å². The van der Waals surface area contributed by atoms with Crippen LogP contribution in [0.15, 0.2) is 46.9 Å². The molecule has 0 fully saturated rings. The van der Waals surface area contributed by atoms with Crippen molar-refractivity contribution in [2.45, 2.75) is 13.8 Å². The Kier molecular flexibility index (Phi) is 5.33. The second-order valence-electron chi connectivity index (χ2n) is 4.99. The maximum atomic E-state index is 11.9. The molecule has 114 valence electrons. The Bertz CT molecular complexity index is 696. The summed E-state index contributed by atoms with van der Waals surface area (Å²) in [6, 6.07) is 12.7. The fourth-order valence-corrected chi connectivity index (χ4v) is 2.47. The smallest absolute Gasteiger partial charge is 0.243 e. The van der Waals surface area contributed by atoms with Crippen LogP contribution in [0.4, 0.5) is 11.4 Å². The van der Waals surface area contributed by atoms with Gasteiger partial charge in [0.1, 0.15) is 0 Å². The highest BCUT2D eigenvalue weighted by atomic mass is 79.9. The molecule has 2 rings (SSSR count).